The van der Waals surface area contributed by atoms with Crippen LogP contribution in [0.1, 0.15) is 24.0 Å². The second-order valence-electron chi connectivity index (χ2n) is 7.48. The molecule has 0 aromatic heterocycles. The van der Waals surface area contributed by atoms with Gasteiger partial charge in [0.1, 0.15) is 12.6 Å². The van der Waals surface area contributed by atoms with Crippen molar-refractivity contribution >= 4 is 0 Å². The summed E-state index contributed by atoms with van der Waals surface area (Å²) in [5.41, 5.74) is 2.36. The van der Waals surface area contributed by atoms with Crippen LogP contribution in [0.4, 0.5) is 0 Å². The van der Waals surface area contributed by atoms with Gasteiger partial charge in [0, 0.05) is 17.5 Å². The molecule has 0 saturated carbocycles. The summed E-state index contributed by atoms with van der Waals surface area (Å²) < 4.78 is 12.7. The molecule has 3 aliphatic rings. The summed E-state index contributed by atoms with van der Waals surface area (Å²) in [5.74, 6) is 1.62. The number of aliphatic hydroxyl groups is 1. The van der Waals surface area contributed by atoms with Crippen LogP contribution in [0.3, 0.4) is 0 Å². The summed E-state index contributed by atoms with van der Waals surface area (Å²) in [6, 6.07) is 4.17. The number of hydrogen-bond acceptors (Lipinski definition) is 3. The number of ether oxygens (including phenoxy) is 2. The number of methoxy groups -OCH3 is 1. The van der Waals surface area contributed by atoms with Crippen molar-refractivity contribution in [2.24, 2.45) is 0 Å². The van der Waals surface area contributed by atoms with Crippen molar-refractivity contribution in [3.63, 3.8) is 0 Å². The van der Waals surface area contributed by atoms with Gasteiger partial charge in [-0.3, -0.25) is 0 Å². The number of hydrogen-bond donors (Lipinski definition) is 1. The van der Waals surface area contributed by atoms with Gasteiger partial charge in [0.2, 0.25) is 0 Å². The predicted octanol–water partition coefficient (Wildman–Crippen LogP) is 1.99. The molecule has 1 aromatic rings. The number of aliphatic hydroxyl groups excluding tert-OH is 1. The lowest BCUT2D eigenvalue weighted by Crippen LogP contribution is -2.48. The third-order valence-corrected chi connectivity index (χ3v) is 5.52. The van der Waals surface area contributed by atoms with Gasteiger partial charge >= 0.3 is 0 Å². The van der Waals surface area contributed by atoms with Gasteiger partial charge in [0.15, 0.2) is 11.5 Å². The molecule has 1 unspecified atom stereocenters. The first kappa shape index (κ1) is 14.1. The highest BCUT2D eigenvalue weighted by atomic mass is 16.5. The number of rotatable bonds is 1. The fraction of sp³-hybridized carbons (Fsp3) is 0.556. The van der Waals surface area contributed by atoms with Crippen molar-refractivity contribution in [1.29, 1.82) is 0 Å². The lowest BCUT2D eigenvalue weighted by Gasteiger charge is -2.37. The van der Waals surface area contributed by atoms with Crippen LogP contribution >= 0.6 is 0 Å². The van der Waals surface area contributed by atoms with E-state index in [9.17, 15) is 5.11 Å². The van der Waals surface area contributed by atoms with Gasteiger partial charge in [0.05, 0.1) is 39.3 Å². The van der Waals surface area contributed by atoms with Gasteiger partial charge < -0.3 is 19.1 Å². The van der Waals surface area contributed by atoms with Crippen molar-refractivity contribution < 1.29 is 19.1 Å². The maximum atomic E-state index is 10.5. The number of benzene rings is 1. The molecule has 118 valence electrons. The van der Waals surface area contributed by atoms with Gasteiger partial charge in [0.25, 0.3) is 0 Å². The van der Waals surface area contributed by atoms with Crippen LogP contribution in [0.2, 0.25) is 0 Å². The molecule has 1 N–H and O–H groups in total. The van der Waals surface area contributed by atoms with E-state index in [-0.39, 0.29) is 11.5 Å². The summed E-state index contributed by atoms with van der Waals surface area (Å²) in [6.07, 6.45) is 5.41. The van der Waals surface area contributed by atoms with E-state index in [0.29, 0.717) is 6.42 Å². The van der Waals surface area contributed by atoms with Gasteiger partial charge in [-0.2, -0.15) is 0 Å². The van der Waals surface area contributed by atoms with Crippen LogP contribution in [0.5, 0.6) is 11.5 Å². The van der Waals surface area contributed by atoms with E-state index >= 15 is 0 Å². The lowest BCUT2D eigenvalue weighted by molar-refractivity contribution is -0.903. The van der Waals surface area contributed by atoms with E-state index in [1.807, 2.05) is 6.07 Å². The molecular formula is C18H24NO3+. The van der Waals surface area contributed by atoms with Gasteiger partial charge in [-0.15, -0.1) is 0 Å². The molecule has 0 fully saturated rings. The summed E-state index contributed by atoms with van der Waals surface area (Å²) in [6.45, 7) is 2.04. The monoisotopic (exact) mass is 302 g/mol. The van der Waals surface area contributed by atoms with Crippen LogP contribution in [-0.4, -0.2) is 49.5 Å². The molecule has 0 radical (unpaired) electrons. The topological polar surface area (TPSA) is 38.7 Å². The van der Waals surface area contributed by atoms with Crippen LogP contribution in [0.25, 0.3) is 0 Å². The smallest absolute Gasteiger partial charge is 0.166 e. The van der Waals surface area contributed by atoms with Crippen molar-refractivity contribution in [3.05, 3.63) is 35.4 Å². The van der Waals surface area contributed by atoms with E-state index in [0.717, 1.165) is 35.5 Å². The van der Waals surface area contributed by atoms with E-state index in [1.165, 1.54) is 11.1 Å². The van der Waals surface area contributed by atoms with E-state index in [4.69, 9.17) is 9.47 Å². The minimum absolute atomic E-state index is 0.194. The van der Waals surface area contributed by atoms with E-state index in [1.54, 1.807) is 7.11 Å². The molecule has 0 amide bonds. The number of nitrogens with zero attached hydrogens (tertiary/aromatic N) is 1. The Kier molecular flexibility index (Phi) is 2.88. The summed E-state index contributed by atoms with van der Waals surface area (Å²) >= 11 is 0. The molecule has 4 rings (SSSR count). The Bertz CT molecular complexity index is 652. The van der Waals surface area contributed by atoms with Crippen LogP contribution in [-0.2, 0) is 12.0 Å². The molecule has 2 aliphatic heterocycles. The molecule has 4 nitrogen and oxygen atoms in total. The first-order valence-corrected chi connectivity index (χ1v) is 8.02. The Morgan fingerprint density at radius 2 is 2.18 bits per heavy atom. The fourth-order valence-electron chi connectivity index (χ4n) is 4.42. The van der Waals surface area contributed by atoms with Gasteiger partial charge in [-0.1, -0.05) is 12.2 Å². The molecule has 22 heavy (non-hydrogen) atoms. The Morgan fingerprint density at radius 3 is 2.95 bits per heavy atom. The Labute approximate surface area is 131 Å². The SMILES string of the molecule is COc1ccc2c3c1O[C@H]1[C@@H](O)CC=CC31CC[N+](C)(C)C2. The van der Waals surface area contributed by atoms with Crippen molar-refractivity contribution in [3.8, 4) is 11.5 Å². The minimum Gasteiger partial charge on any atom is -0.493 e. The highest BCUT2D eigenvalue weighted by Crippen LogP contribution is 2.56. The Balaban J connectivity index is 1.98. The van der Waals surface area contributed by atoms with Crippen LogP contribution in [0, 0.1) is 0 Å². The molecule has 1 spiro atoms. The Hall–Kier alpha value is -1.52. The first-order chi connectivity index (χ1) is 10.5. The lowest BCUT2D eigenvalue weighted by atomic mass is 9.68. The quantitative estimate of drug-likeness (QED) is 0.637. The normalized spacial score (nSPS) is 34.4. The molecule has 4 heteroatoms. The maximum absolute atomic E-state index is 10.5. The minimum atomic E-state index is -0.455. The standard InChI is InChI=1S/C18H24NO3/c1-19(2)10-9-18-8-4-5-13(20)17(18)22-16-14(21-3)7-6-12(11-19)15(16)18/h4,6-8,13,17,20H,5,9-11H2,1-3H3/q+1/t13-,17-,18?/m0/s1. The molecule has 2 heterocycles. The van der Waals surface area contributed by atoms with Crippen LogP contribution in [0.15, 0.2) is 24.3 Å². The zero-order valence-corrected chi connectivity index (χ0v) is 13.5. The second-order valence-corrected chi connectivity index (χ2v) is 7.48. The van der Waals surface area contributed by atoms with Gasteiger partial charge in [-0.05, 0) is 18.6 Å². The second kappa shape index (κ2) is 4.49. The zero-order valence-electron chi connectivity index (χ0n) is 13.5. The summed E-state index contributed by atoms with van der Waals surface area (Å²) in [7, 11) is 6.22. The molecule has 1 aromatic carbocycles. The summed E-state index contributed by atoms with van der Waals surface area (Å²) in [5, 5.41) is 10.5. The molecular weight excluding hydrogens is 278 g/mol. The molecule has 0 saturated heterocycles. The third kappa shape index (κ3) is 1.77. The molecule has 0 bridgehead atoms. The maximum Gasteiger partial charge on any atom is 0.166 e. The average Bonchev–Trinajstić information content (AvgIpc) is 2.78. The predicted molar refractivity (Wildman–Crippen MR) is 84.1 cm³/mol. The molecule has 1 aliphatic carbocycles. The molecule has 3 atom stereocenters. The Morgan fingerprint density at radius 1 is 1.36 bits per heavy atom. The van der Waals surface area contributed by atoms with E-state index in [2.05, 4.69) is 32.3 Å². The first-order valence-electron chi connectivity index (χ1n) is 8.02. The van der Waals surface area contributed by atoms with Crippen LogP contribution < -0.4 is 9.47 Å². The van der Waals surface area contributed by atoms with Crippen molar-refractivity contribution in [1.82, 2.24) is 0 Å². The third-order valence-electron chi connectivity index (χ3n) is 5.52. The number of quaternary nitrogens is 1. The average molecular weight is 302 g/mol. The zero-order chi connectivity index (χ0) is 15.5. The highest BCUT2D eigenvalue weighted by molar-refractivity contribution is 5.60. The van der Waals surface area contributed by atoms with Crippen molar-refractivity contribution in [2.75, 3.05) is 27.7 Å². The van der Waals surface area contributed by atoms with Gasteiger partial charge in [-0.25, -0.2) is 0 Å². The highest BCUT2D eigenvalue weighted by Gasteiger charge is 2.56. The fourth-order valence-corrected chi connectivity index (χ4v) is 4.42. The largest absolute Gasteiger partial charge is 0.493 e. The van der Waals surface area contributed by atoms with Crippen molar-refractivity contribution in [2.45, 2.75) is 37.0 Å². The van der Waals surface area contributed by atoms with E-state index < -0.39 is 6.10 Å². The summed E-state index contributed by atoms with van der Waals surface area (Å²) in [4.78, 5) is 0.